The van der Waals surface area contributed by atoms with Crippen LogP contribution in [-0.4, -0.2) is 60.6 Å². The van der Waals surface area contributed by atoms with E-state index in [4.69, 9.17) is 16.3 Å². The molecule has 1 heterocycles. The first-order valence-corrected chi connectivity index (χ1v) is 13.1. The number of benzene rings is 2. The van der Waals surface area contributed by atoms with Crippen molar-refractivity contribution in [3.63, 3.8) is 0 Å². The van der Waals surface area contributed by atoms with Crippen molar-refractivity contribution < 1.29 is 9.53 Å². The van der Waals surface area contributed by atoms with Gasteiger partial charge in [-0.25, -0.2) is 0 Å². The molecule has 2 aliphatic rings. The Bertz CT molecular complexity index is 1000. The quantitative estimate of drug-likeness (QED) is 0.494. The van der Waals surface area contributed by atoms with Crippen LogP contribution in [0.3, 0.4) is 0 Å². The zero-order valence-corrected chi connectivity index (χ0v) is 22.0. The SMILES string of the molecule is CC(C)(C)NCCN(Cc1ccccc1Cl)C(=O)CNc1cccc2c1CN(CC1CC1)CCO2. The van der Waals surface area contributed by atoms with E-state index < -0.39 is 0 Å². The summed E-state index contributed by atoms with van der Waals surface area (Å²) in [6, 6.07) is 13.8. The first-order valence-electron chi connectivity index (χ1n) is 12.8. The van der Waals surface area contributed by atoms with E-state index in [0.717, 1.165) is 48.1 Å². The molecular formula is C28H39ClN4O2. The summed E-state index contributed by atoms with van der Waals surface area (Å²) in [7, 11) is 0. The number of ether oxygens (including phenoxy) is 1. The Balaban J connectivity index is 1.43. The van der Waals surface area contributed by atoms with Crippen molar-refractivity contribution in [1.29, 1.82) is 0 Å². The molecule has 0 bridgehead atoms. The lowest BCUT2D eigenvalue weighted by molar-refractivity contribution is -0.129. The smallest absolute Gasteiger partial charge is 0.242 e. The zero-order chi connectivity index (χ0) is 24.8. The number of nitrogens with zero attached hydrogens (tertiary/aromatic N) is 2. The molecule has 1 aliphatic carbocycles. The molecule has 4 rings (SSSR count). The van der Waals surface area contributed by atoms with Crippen molar-refractivity contribution in [2.75, 3.05) is 44.6 Å². The summed E-state index contributed by atoms with van der Waals surface area (Å²) in [4.78, 5) is 17.8. The summed E-state index contributed by atoms with van der Waals surface area (Å²) < 4.78 is 6.05. The largest absolute Gasteiger partial charge is 0.492 e. The van der Waals surface area contributed by atoms with Gasteiger partial charge < -0.3 is 20.3 Å². The minimum atomic E-state index is -0.00862. The van der Waals surface area contributed by atoms with Crippen molar-refractivity contribution in [3.05, 3.63) is 58.6 Å². The van der Waals surface area contributed by atoms with Crippen LogP contribution in [0.2, 0.25) is 5.02 Å². The average molecular weight is 499 g/mol. The maximum atomic E-state index is 13.4. The number of nitrogens with one attached hydrogen (secondary N) is 2. The fourth-order valence-corrected chi connectivity index (χ4v) is 4.61. The van der Waals surface area contributed by atoms with Gasteiger partial charge in [0.1, 0.15) is 12.4 Å². The van der Waals surface area contributed by atoms with Crippen LogP contribution >= 0.6 is 11.6 Å². The van der Waals surface area contributed by atoms with Crippen LogP contribution in [0.15, 0.2) is 42.5 Å². The summed E-state index contributed by atoms with van der Waals surface area (Å²) in [5.41, 5.74) is 3.07. The van der Waals surface area contributed by atoms with E-state index in [-0.39, 0.29) is 18.0 Å². The minimum Gasteiger partial charge on any atom is -0.492 e. The molecule has 1 saturated carbocycles. The van der Waals surface area contributed by atoms with Crippen LogP contribution in [0.5, 0.6) is 5.75 Å². The number of anilines is 1. The lowest BCUT2D eigenvalue weighted by atomic mass is 10.1. The van der Waals surface area contributed by atoms with Crippen LogP contribution in [0.4, 0.5) is 5.69 Å². The van der Waals surface area contributed by atoms with Gasteiger partial charge in [0.2, 0.25) is 5.91 Å². The summed E-state index contributed by atoms with van der Waals surface area (Å²) in [5.74, 6) is 1.80. The van der Waals surface area contributed by atoms with Crippen LogP contribution in [0.1, 0.15) is 44.7 Å². The van der Waals surface area contributed by atoms with Gasteiger partial charge in [-0.1, -0.05) is 35.9 Å². The number of hydrogen-bond acceptors (Lipinski definition) is 5. The van der Waals surface area contributed by atoms with E-state index in [1.807, 2.05) is 41.3 Å². The van der Waals surface area contributed by atoms with Gasteiger partial charge in [0, 0.05) is 61.1 Å². The number of hydrogen-bond donors (Lipinski definition) is 2. The minimum absolute atomic E-state index is 0.00862. The molecule has 0 saturated heterocycles. The molecule has 6 nitrogen and oxygen atoms in total. The van der Waals surface area contributed by atoms with Gasteiger partial charge in [0.15, 0.2) is 0 Å². The van der Waals surface area contributed by atoms with Crippen LogP contribution < -0.4 is 15.4 Å². The first kappa shape index (κ1) is 25.8. The second-order valence-corrected chi connectivity index (χ2v) is 11.2. The molecule has 1 aliphatic heterocycles. The summed E-state index contributed by atoms with van der Waals surface area (Å²) >= 11 is 6.41. The van der Waals surface area contributed by atoms with Crippen LogP contribution in [0, 0.1) is 5.92 Å². The zero-order valence-electron chi connectivity index (χ0n) is 21.3. The number of halogens is 1. The van der Waals surface area contributed by atoms with E-state index in [0.29, 0.717) is 31.3 Å². The van der Waals surface area contributed by atoms with E-state index in [1.54, 1.807) is 0 Å². The highest BCUT2D eigenvalue weighted by Gasteiger charge is 2.27. The van der Waals surface area contributed by atoms with Crippen molar-refractivity contribution in [1.82, 2.24) is 15.1 Å². The van der Waals surface area contributed by atoms with Gasteiger partial charge in [0.25, 0.3) is 0 Å². The molecule has 1 fully saturated rings. The summed E-state index contributed by atoms with van der Waals surface area (Å²) in [6.07, 6.45) is 2.67. The average Bonchev–Trinajstić information content (AvgIpc) is 3.64. The van der Waals surface area contributed by atoms with Crippen molar-refractivity contribution in [3.8, 4) is 5.75 Å². The third-order valence-electron chi connectivity index (χ3n) is 6.53. The van der Waals surface area contributed by atoms with Crippen LogP contribution in [-0.2, 0) is 17.9 Å². The Morgan fingerprint density at radius 3 is 2.71 bits per heavy atom. The predicted molar refractivity (Wildman–Crippen MR) is 143 cm³/mol. The van der Waals surface area contributed by atoms with E-state index in [2.05, 4.69) is 42.4 Å². The Kier molecular flexibility index (Phi) is 8.58. The van der Waals surface area contributed by atoms with Crippen molar-refractivity contribution in [2.45, 2.75) is 52.2 Å². The number of carbonyl (C=O) groups is 1. The van der Waals surface area contributed by atoms with E-state index in [9.17, 15) is 4.79 Å². The van der Waals surface area contributed by atoms with Crippen LogP contribution in [0.25, 0.3) is 0 Å². The highest BCUT2D eigenvalue weighted by Crippen LogP contribution is 2.34. The lowest BCUT2D eigenvalue weighted by Gasteiger charge is -2.27. The Labute approximate surface area is 215 Å². The molecule has 7 heteroatoms. The molecule has 0 spiro atoms. The normalized spacial score (nSPS) is 16.2. The molecule has 0 aromatic heterocycles. The maximum absolute atomic E-state index is 13.4. The number of amides is 1. The Morgan fingerprint density at radius 2 is 1.97 bits per heavy atom. The number of carbonyl (C=O) groups excluding carboxylic acids is 1. The van der Waals surface area contributed by atoms with Gasteiger partial charge in [-0.3, -0.25) is 9.69 Å². The molecule has 2 aromatic carbocycles. The Hall–Kier alpha value is -2.28. The van der Waals surface area contributed by atoms with E-state index >= 15 is 0 Å². The molecule has 35 heavy (non-hydrogen) atoms. The fraction of sp³-hybridized carbons (Fsp3) is 0.536. The molecular weight excluding hydrogens is 460 g/mol. The second kappa shape index (κ2) is 11.6. The van der Waals surface area contributed by atoms with Gasteiger partial charge >= 0.3 is 0 Å². The van der Waals surface area contributed by atoms with Crippen molar-refractivity contribution >= 4 is 23.2 Å². The first-order chi connectivity index (χ1) is 16.8. The molecule has 0 unspecified atom stereocenters. The molecule has 190 valence electrons. The fourth-order valence-electron chi connectivity index (χ4n) is 4.41. The maximum Gasteiger partial charge on any atom is 0.242 e. The molecule has 0 radical (unpaired) electrons. The predicted octanol–water partition coefficient (Wildman–Crippen LogP) is 4.77. The second-order valence-electron chi connectivity index (χ2n) is 10.7. The monoisotopic (exact) mass is 498 g/mol. The van der Waals surface area contributed by atoms with Gasteiger partial charge in [-0.15, -0.1) is 0 Å². The van der Waals surface area contributed by atoms with Gasteiger partial charge in [-0.05, 0) is 63.3 Å². The standard InChI is InChI=1S/C28H39ClN4O2/c1-28(2,3)31-13-14-33(19-22-7-4-5-8-24(22)29)27(34)17-30-25-9-6-10-26-23(25)20-32(15-16-35-26)18-21-11-12-21/h4-10,21,30-31H,11-20H2,1-3H3. The van der Waals surface area contributed by atoms with Gasteiger partial charge in [0.05, 0.1) is 6.54 Å². The molecule has 1 amide bonds. The summed E-state index contributed by atoms with van der Waals surface area (Å²) in [5, 5.41) is 7.60. The lowest BCUT2D eigenvalue weighted by Crippen LogP contribution is -2.44. The van der Waals surface area contributed by atoms with Crippen molar-refractivity contribution in [2.24, 2.45) is 5.92 Å². The highest BCUT2D eigenvalue weighted by molar-refractivity contribution is 6.31. The highest BCUT2D eigenvalue weighted by atomic mass is 35.5. The molecule has 2 N–H and O–H groups in total. The molecule has 0 atom stereocenters. The third kappa shape index (κ3) is 7.86. The number of rotatable bonds is 10. The number of fused-ring (bicyclic) bond motifs is 1. The van der Waals surface area contributed by atoms with Gasteiger partial charge in [-0.2, -0.15) is 0 Å². The third-order valence-corrected chi connectivity index (χ3v) is 6.90. The van der Waals surface area contributed by atoms with E-state index in [1.165, 1.54) is 12.8 Å². The summed E-state index contributed by atoms with van der Waals surface area (Å²) in [6.45, 7) is 12.0. The molecule has 2 aromatic rings. The Morgan fingerprint density at radius 1 is 1.17 bits per heavy atom. The topological polar surface area (TPSA) is 56.8 Å².